The maximum absolute atomic E-state index is 11.6. The molecule has 3 N–H and O–H groups in total. The molecule has 0 saturated carbocycles. The van der Waals surface area contributed by atoms with Gasteiger partial charge in [0.25, 0.3) is 0 Å². The normalized spacial score (nSPS) is 12.9. The predicted octanol–water partition coefficient (Wildman–Crippen LogP) is 1.96. The summed E-state index contributed by atoms with van der Waals surface area (Å²) in [4.78, 5) is 15.8. The number of aromatic nitrogens is 1. The molecule has 19 heavy (non-hydrogen) atoms. The van der Waals surface area contributed by atoms with E-state index >= 15 is 0 Å². The van der Waals surface area contributed by atoms with Crippen LogP contribution in [-0.2, 0) is 4.74 Å². The SMILES string of the molecule is Cc1ccc(C(CN)CNC(=O)OC(C)(C)C)cn1. The van der Waals surface area contributed by atoms with E-state index in [0.717, 1.165) is 11.3 Å². The molecular formula is C14H23N3O2. The number of hydrogen-bond acceptors (Lipinski definition) is 4. The van der Waals surface area contributed by atoms with E-state index in [1.807, 2.05) is 39.8 Å². The van der Waals surface area contributed by atoms with Gasteiger partial charge in [0, 0.05) is 30.9 Å². The first-order valence-electron chi connectivity index (χ1n) is 6.41. The van der Waals surface area contributed by atoms with Crippen LogP contribution >= 0.6 is 0 Å². The number of carbonyl (C=O) groups is 1. The number of rotatable bonds is 4. The van der Waals surface area contributed by atoms with Crippen LogP contribution in [0.3, 0.4) is 0 Å². The van der Waals surface area contributed by atoms with Crippen LogP contribution < -0.4 is 11.1 Å². The van der Waals surface area contributed by atoms with Crippen molar-refractivity contribution in [2.75, 3.05) is 13.1 Å². The first kappa shape index (κ1) is 15.4. The standard InChI is InChI=1S/C14H23N3O2/c1-10-5-6-11(8-16-10)12(7-15)9-17-13(18)19-14(2,3)4/h5-6,8,12H,7,9,15H2,1-4H3,(H,17,18). The summed E-state index contributed by atoms with van der Waals surface area (Å²) in [6, 6.07) is 3.92. The van der Waals surface area contributed by atoms with Crippen molar-refractivity contribution >= 4 is 6.09 Å². The second-order valence-electron chi connectivity index (χ2n) is 5.55. The van der Waals surface area contributed by atoms with Gasteiger partial charge in [0.15, 0.2) is 0 Å². The van der Waals surface area contributed by atoms with Crippen LogP contribution in [0.15, 0.2) is 18.3 Å². The number of amides is 1. The highest BCUT2D eigenvalue weighted by atomic mass is 16.6. The summed E-state index contributed by atoms with van der Waals surface area (Å²) in [5.41, 5.74) is 7.22. The van der Waals surface area contributed by atoms with E-state index in [-0.39, 0.29) is 5.92 Å². The Bertz CT molecular complexity index is 410. The monoisotopic (exact) mass is 265 g/mol. The lowest BCUT2D eigenvalue weighted by atomic mass is 10.0. The highest BCUT2D eigenvalue weighted by Crippen LogP contribution is 2.13. The Balaban J connectivity index is 2.54. The molecule has 1 amide bonds. The minimum atomic E-state index is -0.492. The smallest absolute Gasteiger partial charge is 0.407 e. The van der Waals surface area contributed by atoms with E-state index in [0.29, 0.717) is 13.1 Å². The molecule has 0 aliphatic heterocycles. The lowest BCUT2D eigenvalue weighted by Gasteiger charge is -2.21. The molecule has 1 atom stereocenters. The maximum Gasteiger partial charge on any atom is 0.407 e. The second kappa shape index (κ2) is 6.52. The largest absolute Gasteiger partial charge is 0.444 e. The zero-order valence-electron chi connectivity index (χ0n) is 12.1. The lowest BCUT2D eigenvalue weighted by Crippen LogP contribution is -2.36. The number of nitrogens with one attached hydrogen (secondary N) is 1. The van der Waals surface area contributed by atoms with Crippen molar-refractivity contribution < 1.29 is 9.53 Å². The molecule has 1 aromatic rings. The fourth-order valence-electron chi connectivity index (χ4n) is 1.58. The quantitative estimate of drug-likeness (QED) is 0.872. The van der Waals surface area contributed by atoms with Crippen molar-refractivity contribution in [3.8, 4) is 0 Å². The topological polar surface area (TPSA) is 77.2 Å². The second-order valence-corrected chi connectivity index (χ2v) is 5.55. The van der Waals surface area contributed by atoms with Crippen LogP contribution in [-0.4, -0.2) is 29.8 Å². The van der Waals surface area contributed by atoms with E-state index in [2.05, 4.69) is 10.3 Å². The Morgan fingerprint density at radius 1 is 1.47 bits per heavy atom. The van der Waals surface area contributed by atoms with Crippen molar-refractivity contribution in [2.45, 2.75) is 39.2 Å². The molecule has 0 aliphatic rings. The Labute approximate surface area is 114 Å². The highest BCUT2D eigenvalue weighted by Gasteiger charge is 2.17. The van der Waals surface area contributed by atoms with E-state index in [1.54, 1.807) is 6.20 Å². The van der Waals surface area contributed by atoms with Crippen molar-refractivity contribution in [1.29, 1.82) is 0 Å². The summed E-state index contributed by atoms with van der Waals surface area (Å²) in [7, 11) is 0. The van der Waals surface area contributed by atoms with Gasteiger partial charge in [-0.1, -0.05) is 6.07 Å². The van der Waals surface area contributed by atoms with Crippen LogP contribution in [0.1, 0.15) is 37.9 Å². The first-order chi connectivity index (χ1) is 8.81. The molecule has 1 aromatic heterocycles. The van der Waals surface area contributed by atoms with E-state index < -0.39 is 11.7 Å². The number of pyridine rings is 1. The minimum absolute atomic E-state index is 0.0422. The zero-order valence-corrected chi connectivity index (χ0v) is 12.1. The molecule has 0 fully saturated rings. The summed E-state index contributed by atoms with van der Waals surface area (Å²) >= 11 is 0. The Hall–Kier alpha value is -1.62. The number of nitrogens with zero attached hydrogens (tertiary/aromatic N) is 1. The van der Waals surface area contributed by atoms with E-state index in [9.17, 15) is 4.79 Å². The molecule has 5 heteroatoms. The number of alkyl carbamates (subject to hydrolysis) is 1. The molecule has 1 rings (SSSR count). The van der Waals surface area contributed by atoms with Crippen LogP contribution in [0.25, 0.3) is 0 Å². The average Bonchev–Trinajstić information content (AvgIpc) is 2.29. The van der Waals surface area contributed by atoms with Crippen LogP contribution in [0.2, 0.25) is 0 Å². The third-order valence-electron chi connectivity index (χ3n) is 2.58. The van der Waals surface area contributed by atoms with E-state index in [4.69, 9.17) is 10.5 Å². The average molecular weight is 265 g/mol. The van der Waals surface area contributed by atoms with Crippen molar-refractivity contribution in [3.05, 3.63) is 29.6 Å². The third kappa shape index (κ3) is 5.70. The van der Waals surface area contributed by atoms with Gasteiger partial charge >= 0.3 is 6.09 Å². The summed E-state index contributed by atoms with van der Waals surface area (Å²) in [5.74, 6) is 0.0422. The van der Waals surface area contributed by atoms with Crippen LogP contribution in [0.4, 0.5) is 4.79 Å². The van der Waals surface area contributed by atoms with Crippen molar-refractivity contribution in [3.63, 3.8) is 0 Å². The van der Waals surface area contributed by atoms with Gasteiger partial charge < -0.3 is 15.8 Å². The van der Waals surface area contributed by atoms with Crippen molar-refractivity contribution in [1.82, 2.24) is 10.3 Å². The lowest BCUT2D eigenvalue weighted by molar-refractivity contribution is 0.0525. The highest BCUT2D eigenvalue weighted by molar-refractivity contribution is 5.67. The Kier molecular flexibility index (Phi) is 5.30. The molecule has 0 saturated heterocycles. The number of nitrogens with two attached hydrogens (primary N) is 1. The number of hydrogen-bond donors (Lipinski definition) is 2. The zero-order chi connectivity index (χ0) is 14.5. The third-order valence-corrected chi connectivity index (χ3v) is 2.58. The summed E-state index contributed by atoms with van der Waals surface area (Å²) < 4.78 is 5.18. The number of ether oxygens (including phenoxy) is 1. The van der Waals surface area contributed by atoms with Crippen molar-refractivity contribution in [2.24, 2.45) is 5.73 Å². The van der Waals surface area contributed by atoms with Gasteiger partial charge in [-0.25, -0.2) is 4.79 Å². The molecule has 1 heterocycles. The molecule has 0 spiro atoms. The fraction of sp³-hybridized carbons (Fsp3) is 0.571. The predicted molar refractivity (Wildman–Crippen MR) is 75.0 cm³/mol. The van der Waals surface area contributed by atoms with Gasteiger partial charge in [-0.2, -0.15) is 0 Å². The molecule has 0 aliphatic carbocycles. The van der Waals surface area contributed by atoms with Gasteiger partial charge in [0.2, 0.25) is 0 Å². The molecule has 0 radical (unpaired) electrons. The minimum Gasteiger partial charge on any atom is -0.444 e. The number of aryl methyl sites for hydroxylation is 1. The van der Waals surface area contributed by atoms with Crippen LogP contribution in [0, 0.1) is 6.92 Å². The molecule has 1 unspecified atom stereocenters. The van der Waals surface area contributed by atoms with Gasteiger partial charge in [-0.05, 0) is 39.3 Å². The molecule has 0 bridgehead atoms. The molecular weight excluding hydrogens is 242 g/mol. The van der Waals surface area contributed by atoms with Gasteiger partial charge in [0.05, 0.1) is 0 Å². The van der Waals surface area contributed by atoms with Crippen LogP contribution in [0.5, 0.6) is 0 Å². The van der Waals surface area contributed by atoms with Gasteiger partial charge in [-0.15, -0.1) is 0 Å². The van der Waals surface area contributed by atoms with Gasteiger partial charge in [0.1, 0.15) is 5.60 Å². The Morgan fingerprint density at radius 3 is 2.63 bits per heavy atom. The molecule has 106 valence electrons. The van der Waals surface area contributed by atoms with Gasteiger partial charge in [-0.3, -0.25) is 4.98 Å². The van der Waals surface area contributed by atoms with E-state index in [1.165, 1.54) is 0 Å². The Morgan fingerprint density at radius 2 is 2.16 bits per heavy atom. The summed E-state index contributed by atoms with van der Waals surface area (Å²) in [6.07, 6.45) is 1.37. The summed E-state index contributed by atoms with van der Waals surface area (Å²) in [5, 5.41) is 2.73. The number of carbonyl (C=O) groups excluding carboxylic acids is 1. The molecule has 0 aromatic carbocycles. The summed E-state index contributed by atoms with van der Waals surface area (Å²) in [6.45, 7) is 8.31. The first-order valence-corrected chi connectivity index (χ1v) is 6.41. The maximum atomic E-state index is 11.6. The fourth-order valence-corrected chi connectivity index (χ4v) is 1.58. The molecule has 5 nitrogen and oxygen atoms in total.